The van der Waals surface area contributed by atoms with Crippen LogP contribution in [0.3, 0.4) is 0 Å². The number of aliphatic carboxylic acids is 1. The molecular formula is C31H46N2O7. The maximum atomic E-state index is 12.8. The normalized spacial score (nSPS) is 34.3. The number of carbonyl (C=O) groups excluding carboxylic acids is 4. The number of allylic oxidation sites excluding steroid dienone is 1. The van der Waals surface area contributed by atoms with Gasteiger partial charge in [-0.3, -0.25) is 19.2 Å². The Labute approximate surface area is 237 Å². The zero-order chi connectivity index (χ0) is 29.2. The second-order valence-corrected chi connectivity index (χ2v) is 13.0. The maximum Gasteiger partial charge on any atom is 0.326 e. The number of hydrogen-bond acceptors (Lipinski definition) is 6. The van der Waals surface area contributed by atoms with Crippen molar-refractivity contribution in [2.45, 2.75) is 123 Å². The summed E-state index contributed by atoms with van der Waals surface area (Å²) in [5.74, 6) is -0.633. The highest BCUT2D eigenvalue weighted by Crippen LogP contribution is 2.65. The number of hydrogen-bond donors (Lipinski definition) is 3. The van der Waals surface area contributed by atoms with Crippen LogP contribution in [-0.4, -0.2) is 52.8 Å². The third kappa shape index (κ3) is 5.98. The van der Waals surface area contributed by atoms with Crippen molar-refractivity contribution < 1.29 is 33.8 Å². The zero-order valence-electron chi connectivity index (χ0n) is 24.4. The van der Waals surface area contributed by atoms with Crippen molar-refractivity contribution in [2.24, 2.45) is 28.6 Å². The van der Waals surface area contributed by atoms with Gasteiger partial charge >= 0.3 is 11.9 Å². The maximum absolute atomic E-state index is 12.8. The molecule has 9 heteroatoms. The molecule has 3 unspecified atom stereocenters. The summed E-state index contributed by atoms with van der Waals surface area (Å²) >= 11 is 0. The molecule has 3 N–H and O–H groups in total. The van der Waals surface area contributed by atoms with Gasteiger partial charge in [0.25, 0.3) is 0 Å². The van der Waals surface area contributed by atoms with Gasteiger partial charge in [0, 0.05) is 18.3 Å². The number of ketones is 1. The quantitative estimate of drug-likeness (QED) is 0.343. The van der Waals surface area contributed by atoms with E-state index in [1.165, 1.54) is 12.5 Å². The van der Waals surface area contributed by atoms with Gasteiger partial charge < -0.3 is 20.5 Å². The van der Waals surface area contributed by atoms with Crippen molar-refractivity contribution in [1.82, 2.24) is 10.6 Å². The molecule has 3 saturated carbocycles. The molecular weight excluding hydrogens is 512 g/mol. The fourth-order valence-corrected chi connectivity index (χ4v) is 8.36. The van der Waals surface area contributed by atoms with E-state index in [4.69, 9.17) is 4.74 Å². The molecule has 40 heavy (non-hydrogen) atoms. The van der Waals surface area contributed by atoms with Crippen molar-refractivity contribution in [3.8, 4) is 0 Å². The van der Waals surface area contributed by atoms with Crippen LogP contribution >= 0.6 is 0 Å². The lowest BCUT2D eigenvalue weighted by molar-refractivity contribution is -0.160. The van der Waals surface area contributed by atoms with Crippen LogP contribution in [0.15, 0.2) is 11.6 Å². The number of amides is 2. The molecule has 0 aromatic carbocycles. The Balaban J connectivity index is 1.27. The first-order chi connectivity index (χ1) is 18.9. The molecule has 4 rings (SSSR count). The van der Waals surface area contributed by atoms with Crippen molar-refractivity contribution >= 4 is 29.5 Å². The van der Waals surface area contributed by atoms with Crippen LogP contribution in [-0.2, 0) is 28.7 Å². The molecule has 0 saturated heterocycles. The van der Waals surface area contributed by atoms with Gasteiger partial charge in [0.1, 0.15) is 18.2 Å². The molecule has 0 aromatic rings. The van der Waals surface area contributed by atoms with Crippen molar-refractivity contribution in [3.05, 3.63) is 11.6 Å². The van der Waals surface area contributed by atoms with E-state index >= 15 is 0 Å². The highest BCUT2D eigenvalue weighted by atomic mass is 16.5. The second-order valence-electron chi connectivity index (χ2n) is 13.0. The minimum atomic E-state index is -1.11. The van der Waals surface area contributed by atoms with E-state index in [2.05, 4.69) is 24.5 Å². The Morgan fingerprint density at radius 1 is 1.02 bits per heavy atom. The largest absolute Gasteiger partial charge is 0.480 e. The summed E-state index contributed by atoms with van der Waals surface area (Å²) in [6.45, 7) is 7.95. The van der Waals surface area contributed by atoms with E-state index in [0.717, 1.165) is 44.9 Å². The Morgan fingerprint density at radius 2 is 1.77 bits per heavy atom. The third-order valence-corrected chi connectivity index (χ3v) is 10.7. The fourth-order valence-electron chi connectivity index (χ4n) is 8.36. The van der Waals surface area contributed by atoms with Crippen molar-refractivity contribution in [2.75, 3.05) is 0 Å². The number of rotatable bonds is 10. The molecule has 9 nitrogen and oxygen atoms in total. The average molecular weight is 559 g/mol. The van der Waals surface area contributed by atoms with Crippen molar-refractivity contribution in [3.63, 3.8) is 0 Å². The predicted molar refractivity (Wildman–Crippen MR) is 148 cm³/mol. The van der Waals surface area contributed by atoms with Gasteiger partial charge in [-0.15, -0.1) is 0 Å². The van der Waals surface area contributed by atoms with Gasteiger partial charge in [-0.05, 0) is 87.5 Å². The first kappa shape index (κ1) is 30.3. The van der Waals surface area contributed by atoms with E-state index in [1.54, 1.807) is 0 Å². The zero-order valence-corrected chi connectivity index (χ0v) is 24.4. The number of carbonyl (C=O) groups is 5. The summed E-state index contributed by atoms with van der Waals surface area (Å²) in [4.78, 5) is 60.9. The molecule has 0 bridgehead atoms. The summed E-state index contributed by atoms with van der Waals surface area (Å²) < 4.78 is 6.00. The van der Waals surface area contributed by atoms with Gasteiger partial charge in [0.15, 0.2) is 5.78 Å². The third-order valence-electron chi connectivity index (χ3n) is 10.7. The van der Waals surface area contributed by atoms with Crippen LogP contribution in [0.4, 0.5) is 0 Å². The number of ether oxygens (including phenoxy) is 1. The molecule has 4 aliphatic rings. The van der Waals surface area contributed by atoms with Crippen molar-refractivity contribution in [1.29, 1.82) is 0 Å². The molecule has 0 radical (unpaired) electrons. The van der Waals surface area contributed by atoms with Crippen LogP contribution in [0, 0.1) is 28.6 Å². The van der Waals surface area contributed by atoms with E-state index < -0.39 is 35.8 Å². The van der Waals surface area contributed by atoms with Gasteiger partial charge in [-0.25, -0.2) is 4.79 Å². The molecule has 222 valence electrons. The number of carboxylic acid groups (broad SMARTS) is 1. The minimum Gasteiger partial charge on any atom is -0.480 e. The van der Waals surface area contributed by atoms with Gasteiger partial charge in [-0.1, -0.05) is 32.8 Å². The first-order valence-corrected chi connectivity index (χ1v) is 15.1. The Kier molecular flexibility index (Phi) is 9.10. The van der Waals surface area contributed by atoms with E-state index in [0.29, 0.717) is 37.0 Å². The first-order valence-electron chi connectivity index (χ1n) is 15.1. The summed E-state index contributed by atoms with van der Waals surface area (Å²) in [5.41, 5.74) is 1.38. The lowest BCUT2D eigenvalue weighted by atomic mass is 9.47. The van der Waals surface area contributed by atoms with Gasteiger partial charge in [-0.2, -0.15) is 0 Å². The molecule has 0 spiro atoms. The summed E-state index contributed by atoms with van der Waals surface area (Å²) in [6, 6.07) is -1.91. The highest BCUT2D eigenvalue weighted by Gasteiger charge is 2.60. The van der Waals surface area contributed by atoms with E-state index in [1.807, 2.05) is 13.0 Å². The minimum absolute atomic E-state index is 0.0721. The molecule has 4 aliphatic carbocycles. The average Bonchev–Trinajstić information content (AvgIpc) is 3.23. The van der Waals surface area contributed by atoms with Gasteiger partial charge in [0.05, 0.1) is 6.42 Å². The monoisotopic (exact) mass is 558 g/mol. The van der Waals surface area contributed by atoms with Crippen LogP contribution in [0.2, 0.25) is 0 Å². The summed E-state index contributed by atoms with van der Waals surface area (Å²) in [7, 11) is 0. The number of nitrogens with one attached hydrogen (secondary N) is 2. The topological polar surface area (TPSA) is 139 Å². The number of esters is 1. The lowest BCUT2D eigenvalue weighted by Crippen LogP contribution is -2.51. The Morgan fingerprint density at radius 3 is 2.48 bits per heavy atom. The SMILES string of the molecule is CCCC(NC(=O)C(C)NC(=O)CCC(=O)OC1CC[C@H]2[C@@H]3CCC4=CC(=O)CC[C@]4(C)[C@H]3CC[C@]12C)C(=O)O. The molecule has 0 heterocycles. The van der Waals surface area contributed by atoms with Crippen LogP contribution in [0.1, 0.15) is 105 Å². The molecule has 2 amide bonds. The summed E-state index contributed by atoms with van der Waals surface area (Å²) in [5, 5.41) is 14.2. The predicted octanol–water partition coefficient (Wildman–Crippen LogP) is 4.08. The summed E-state index contributed by atoms with van der Waals surface area (Å²) in [6.07, 6.45) is 10.1. The Bertz CT molecular complexity index is 1070. The van der Waals surface area contributed by atoms with Gasteiger partial charge in [0.2, 0.25) is 11.8 Å². The second kappa shape index (κ2) is 12.0. The Hall–Kier alpha value is -2.71. The molecule has 3 fully saturated rings. The standard InChI is InChI=1S/C31H46N2O7/c1-5-6-24(29(38)39)33-28(37)18(2)32-26(35)11-12-27(36)40-25-10-9-22-21-8-7-19-17-20(34)13-15-30(19,3)23(21)14-16-31(22,25)4/h17-18,21-25H,5-16H2,1-4H3,(H,32,35)(H,33,37)(H,38,39)/t18?,21-,22-,23-,24?,25?,30-,31-/m0/s1. The molecule has 0 aliphatic heterocycles. The number of carboxylic acids is 1. The van der Waals surface area contributed by atoms with E-state index in [9.17, 15) is 29.1 Å². The smallest absolute Gasteiger partial charge is 0.326 e. The van der Waals surface area contributed by atoms with E-state index in [-0.39, 0.29) is 35.6 Å². The lowest BCUT2D eigenvalue weighted by Gasteiger charge is -2.57. The van der Waals surface area contributed by atoms with Crippen LogP contribution in [0.5, 0.6) is 0 Å². The van der Waals surface area contributed by atoms with Crippen LogP contribution in [0.25, 0.3) is 0 Å². The highest BCUT2D eigenvalue weighted by molar-refractivity contribution is 5.92. The fraction of sp³-hybridized carbons (Fsp3) is 0.774. The van der Waals surface area contributed by atoms with Crippen LogP contribution < -0.4 is 10.6 Å². The molecule has 0 aromatic heterocycles. The molecule has 8 atom stereocenters. The number of fused-ring (bicyclic) bond motifs is 5.